The second-order valence-electron chi connectivity index (χ2n) is 5.66. The Morgan fingerprint density at radius 3 is 2.85 bits per heavy atom. The molecule has 0 saturated heterocycles. The van der Waals surface area contributed by atoms with Gasteiger partial charge >= 0.3 is 0 Å². The van der Waals surface area contributed by atoms with Gasteiger partial charge in [-0.2, -0.15) is 0 Å². The number of benzene rings is 2. The summed E-state index contributed by atoms with van der Waals surface area (Å²) in [5.74, 6) is -0.379. The molecular weight excluding hydrogens is 378 g/mol. The molecular formula is C17H14ClN3O4S. The first-order chi connectivity index (χ1) is 12.3. The first-order valence-corrected chi connectivity index (χ1v) is 8.94. The third-order valence-corrected chi connectivity index (χ3v) is 4.64. The summed E-state index contributed by atoms with van der Waals surface area (Å²) < 4.78 is 5.53. The van der Waals surface area contributed by atoms with Crippen LogP contribution in [0.25, 0.3) is 11.1 Å². The van der Waals surface area contributed by atoms with Crippen molar-refractivity contribution in [3.05, 3.63) is 56.6 Å². The standard InChI is InChI=1S/C17H14ClN3O4S/c1-9-5-10(2)16(13(6-9)21(23)24)20-15(22)8-26-17-19-12-7-11(18)3-4-14(12)25-17/h3-7H,8H2,1-2H3,(H,20,22). The number of thioether (sulfide) groups is 1. The zero-order chi connectivity index (χ0) is 18.8. The van der Waals surface area contributed by atoms with E-state index < -0.39 is 4.92 Å². The number of nitro groups is 1. The van der Waals surface area contributed by atoms with Gasteiger partial charge in [-0.15, -0.1) is 0 Å². The van der Waals surface area contributed by atoms with Crippen molar-refractivity contribution in [1.82, 2.24) is 4.98 Å². The number of carbonyl (C=O) groups is 1. The number of rotatable bonds is 5. The van der Waals surface area contributed by atoms with Gasteiger partial charge in [-0.3, -0.25) is 14.9 Å². The number of hydrogen-bond donors (Lipinski definition) is 1. The predicted octanol–water partition coefficient (Wildman–Crippen LogP) is 4.74. The number of anilines is 1. The predicted molar refractivity (Wildman–Crippen MR) is 101 cm³/mol. The molecule has 0 saturated carbocycles. The summed E-state index contributed by atoms with van der Waals surface area (Å²) in [6.07, 6.45) is 0. The highest BCUT2D eigenvalue weighted by molar-refractivity contribution is 7.99. The largest absolute Gasteiger partial charge is 0.431 e. The number of nitro benzene ring substituents is 1. The van der Waals surface area contributed by atoms with Crippen LogP contribution in [0.1, 0.15) is 11.1 Å². The van der Waals surface area contributed by atoms with Gasteiger partial charge in [-0.05, 0) is 43.2 Å². The third-order valence-electron chi connectivity index (χ3n) is 3.58. The summed E-state index contributed by atoms with van der Waals surface area (Å²) in [7, 11) is 0. The van der Waals surface area contributed by atoms with Crippen LogP contribution < -0.4 is 5.32 Å². The fourth-order valence-electron chi connectivity index (χ4n) is 2.50. The molecule has 0 atom stereocenters. The smallest absolute Gasteiger partial charge is 0.293 e. The van der Waals surface area contributed by atoms with Gasteiger partial charge in [0.25, 0.3) is 10.9 Å². The topological polar surface area (TPSA) is 98.3 Å². The Morgan fingerprint density at radius 2 is 2.12 bits per heavy atom. The van der Waals surface area contributed by atoms with Crippen molar-refractivity contribution in [2.24, 2.45) is 0 Å². The fraction of sp³-hybridized carbons (Fsp3) is 0.176. The third kappa shape index (κ3) is 3.97. The lowest BCUT2D eigenvalue weighted by molar-refractivity contribution is -0.384. The first-order valence-electron chi connectivity index (χ1n) is 7.58. The molecule has 1 N–H and O–H groups in total. The Morgan fingerprint density at radius 1 is 1.35 bits per heavy atom. The Hall–Kier alpha value is -2.58. The molecule has 26 heavy (non-hydrogen) atoms. The quantitative estimate of drug-likeness (QED) is 0.383. The monoisotopic (exact) mass is 391 g/mol. The molecule has 1 amide bonds. The van der Waals surface area contributed by atoms with Gasteiger partial charge in [0.05, 0.1) is 10.7 Å². The van der Waals surface area contributed by atoms with Gasteiger partial charge in [-0.25, -0.2) is 4.98 Å². The van der Waals surface area contributed by atoms with Gasteiger partial charge in [0.2, 0.25) is 5.91 Å². The molecule has 2 aromatic carbocycles. The summed E-state index contributed by atoms with van der Waals surface area (Å²) in [5, 5.41) is 14.7. The number of nitrogens with one attached hydrogen (secondary N) is 1. The molecule has 0 bridgehead atoms. The number of halogens is 1. The normalized spacial score (nSPS) is 10.9. The maximum absolute atomic E-state index is 12.2. The van der Waals surface area contributed by atoms with E-state index in [2.05, 4.69) is 10.3 Å². The molecule has 0 aliphatic rings. The minimum absolute atomic E-state index is 0.00498. The van der Waals surface area contributed by atoms with Crippen molar-refractivity contribution < 1.29 is 14.1 Å². The Balaban J connectivity index is 1.72. The second kappa shape index (κ2) is 7.35. The van der Waals surface area contributed by atoms with Gasteiger partial charge in [-0.1, -0.05) is 29.4 Å². The Kier molecular flexibility index (Phi) is 5.15. The maximum Gasteiger partial charge on any atom is 0.293 e. The molecule has 0 unspecified atom stereocenters. The average Bonchev–Trinajstić information content (AvgIpc) is 2.97. The summed E-state index contributed by atoms with van der Waals surface area (Å²) in [5.41, 5.74) is 2.64. The Bertz CT molecular complexity index is 1020. The number of oxazole rings is 1. The van der Waals surface area contributed by atoms with Crippen LogP contribution in [0, 0.1) is 24.0 Å². The van der Waals surface area contributed by atoms with Gasteiger partial charge in [0.1, 0.15) is 11.2 Å². The zero-order valence-electron chi connectivity index (χ0n) is 13.9. The van der Waals surface area contributed by atoms with Crippen LogP contribution in [0.4, 0.5) is 11.4 Å². The van der Waals surface area contributed by atoms with E-state index in [0.29, 0.717) is 26.9 Å². The second-order valence-corrected chi connectivity index (χ2v) is 7.02. The van der Waals surface area contributed by atoms with Gasteiger partial charge in [0, 0.05) is 11.1 Å². The van der Waals surface area contributed by atoms with Crippen molar-refractivity contribution in [3.8, 4) is 0 Å². The van der Waals surface area contributed by atoms with E-state index >= 15 is 0 Å². The summed E-state index contributed by atoms with van der Waals surface area (Å²) >= 11 is 7.00. The minimum Gasteiger partial charge on any atom is -0.431 e. The van der Waals surface area contributed by atoms with Crippen LogP contribution in [-0.2, 0) is 4.79 Å². The highest BCUT2D eigenvalue weighted by Gasteiger charge is 2.19. The van der Waals surface area contributed by atoms with E-state index in [1.807, 2.05) is 0 Å². The molecule has 1 aromatic heterocycles. The van der Waals surface area contributed by atoms with Crippen molar-refractivity contribution in [2.75, 3.05) is 11.1 Å². The van der Waals surface area contributed by atoms with Crippen LogP contribution in [0.2, 0.25) is 5.02 Å². The summed E-state index contributed by atoms with van der Waals surface area (Å²) in [4.78, 5) is 27.2. The Labute approximate surface area is 157 Å². The molecule has 0 radical (unpaired) electrons. The highest BCUT2D eigenvalue weighted by atomic mass is 35.5. The van der Waals surface area contributed by atoms with E-state index in [0.717, 1.165) is 17.3 Å². The highest BCUT2D eigenvalue weighted by Crippen LogP contribution is 2.30. The molecule has 0 aliphatic carbocycles. The molecule has 0 spiro atoms. The molecule has 3 rings (SSSR count). The number of fused-ring (bicyclic) bond motifs is 1. The number of hydrogen-bond acceptors (Lipinski definition) is 6. The average molecular weight is 392 g/mol. The molecule has 134 valence electrons. The molecule has 7 nitrogen and oxygen atoms in total. The lowest BCUT2D eigenvalue weighted by Crippen LogP contribution is -2.16. The number of nitrogens with zero attached hydrogens (tertiary/aromatic N) is 2. The zero-order valence-corrected chi connectivity index (χ0v) is 15.5. The lowest BCUT2D eigenvalue weighted by Gasteiger charge is -2.09. The fourth-order valence-corrected chi connectivity index (χ4v) is 3.30. The van der Waals surface area contributed by atoms with Crippen LogP contribution in [-0.4, -0.2) is 21.6 Å². The van der Waals surface area contributed by atoms with E-state index in [4.69, 9.17) is 16.0 Å². The van der Waals surface area contributed by atoms with Crippen LogP contribution in [0.15, 0.2) is 40.0 Å². The number of amides is 1. The van der Waals surface area contributed by atoms with E-state index in [1.54, 1.807) is 38.1 Å². The van der Waals surface area contributed by atoms with E-state index in [1.165, 1.54) is 6.07 Å². The van der Waals surface area contributed by atoms with Crippen molar-refractivity contribution >= 4 is 51.7 Å². The van der Waals surface area contributed by atoms with Crippen LogP contribution in [0.5, 0.6) is 0 Å². The SMILES string of the molecule is Cc1cc(C)c(NC(=O)CSc2nc3cc(Cl)ccc3o2)c([N+](=O)[O-])c1. The number of aromatic nitrogens is 1. The lowest BCUT2D eigenvalue weighted by atomic mass is 10.1. The molecule has 9 heteroatoms. The molecule has 1 heterocycles. The maximum atomic E-state index is 12.2. The van der Waals surface area contributed by atoms with Gasteiger partial charge in [0.15, 0.2) is 5.58 Å². The van der Waals surface area contributed by atoms with E-state index in [-0.39, 0.29) is 23.0 Å². The molecule has 3 aromatic rings. The number of aryl methyl sites for hydroxylation is 2. The summed E-state index contributed by atoms with van der Waals surface area (Å²) in [6, 6.07) is 8.27. The van der Waals surface area contributed by atoms with E-state index in [9.17, 15) is 14.9 Å². The van der Waals surface area contributed by atoms with Gasteiger partial charge < -0.3 is 9.73 Å². The summed E-state index contributed by atoms with van der Waals surface area (Å²) in [6.45, 7) is 3.48. The van der Waals surface area contributed by atoms with Crippen LogP contribution in [0.3, 0.4) is 0 Å². The molecule has 0 fully saturated rings. The molecule has 0 aliphatic heterocycles. The van der Waals surface area contributed by atoms with Crippen LogP contribution >= 0.6 is 23.4 Å². The van der Waals surface area contributed by atoms with Crippen molar-refractivity contribution in [1.29, 1.82) is 0 Å². The van der Waals surface area contributed by atoms with Crippen molar-refractivity contribution in [3.63, 3.8) is 0 Å². The van der Waals surface area contributed by atoms with Crippen molar-refractivity contribution in [2.45, 2.75) is 19.1 Å². The minimum atomic E-state index is -0.507. The first kappa shape index (κ1) is 18.2. The number of carbonyl (C=O) groups excluding carboxylic acids is 1.